The Kier molecular flexibility index (Phi) is 6.29. The van der Waals surface area contributed by atoms with Gasteiger partial charge in [0.05, 0.1) is 12.1 Å². The number of nitrogens with zero attached hydrogens (tertiary/aromatic N) is 2. The van der Waals surface area contributed by atoms with Crippen molar-refractivity contribution in [3.05, 3.63) is 58.9 Å². The van der Waals surface area contributed by atoms with Crippen molar-refractivity contribution in [2.24, 2.45) is 0 Å². The summed E-state index contributed by atoms with van der Waals surface area (Å²) in [6.07, 6.45) is 0. The molecule has 0 saturated carbocycles. The van der Waals surface area contributed by atoms with Crippen LogP contribution in [-0.2, 0) is 6.54 Å². The number of halogens is 2. The first-order valence-corrected chi connectivity index (χ1v) is 9.20. The minimum atomic E-state index is -0.436. The highest BCUT2D eigenvalue weighted by Gasteiger charge is 2.19. The third kappa shape index (κ3) is 4.84. The summed E-state index contributed by atoms with van der Waals surface area (Å²) in [5.41, 5.74) is 1.93. The van der Waals surface area contributed by atoms with Crippen LogP contribution in [0.25, 0.3) is 0 Å². The molecule has 0 unspecified atom stereocenters. The van der Waals surface area contributed by atoms with E-state index in [1.54, 1.807) is 19.2 Å². The number of anilines is 1. The van der Waals surface area contributed by atoms with Gasteiger partial charge >= 0.3 is 0 Å². The Hall–Kier alpha value is -1.89. The molecular weight excluding hydrogens is 373 g/mol. The van der Waals surface area contributed by atoms with Crippen LogP contribution in [0, 0.1) is 5.82 Å². The summed E-state index contributed by atoms with van der Waals surface area (Å²) in [5.74, 6) is 0.443. The van der Waals surface area contributed by atoms with E-state index in [-0.39, 0.29) is 5.02 Å². The summed E-state index contributed by atoms with van der Waals surface area (Å²) >= 11 is 11.3. The monoisotopic (exact) mass is 393 g/mol. The molecule has 1 fully saturated rings. The van der Waals surface area contributed by atoms with Crippen LogP contribution >= 0.6 is 23.8 Å². The number of benzene rings is 2. The second kappa shape index (κ2) is 8.66. The quantitative estimate of drug-likeness (QED) is 0.792. The number of nitrogens with one attached hydrogen (secondary N) is 1. The maximum absolute atomic E-state index is 13.2. The van der Waals surface area contributed by atoms with E-state index < -0.39 is 5.82 Å². The molecular formula is C19H21ClFN3OS. The molecule has 2 aromatic carbocycles. The Labute approximate surface area is 163 Å². The molecule has 1 aliphatic rings. The van der Waals surface area contributed by atoms with E-state index in [9.17, 15) is 4.39 Å². The Bertz CT molecular complexity index is 781. The first-order chi connectivity index (χ1) is 12.5. The fourth-order valence-electron chi connectivity index (χ4n) is 2.91. The minimum absolute atomic E-state index is 0.0842. The Morgan fingerprint density at radius 1 is 1.19 bits per heavy atom. The molecule has 0 radical (unpaired) electrons. The number of piperazine rings is 1. The van der Waals surface area contributed by atoms with Gasteiger partial charge in [0, 0.05) is 38.4 Å². The van der Waals surface area contributed by atoms with Crippen LogP contribution in [0.2, 0.25) is 5.02 Å². The molecule has 138 valence electrons. The largest absolute Gasteiger partial charge is 0.497 e. The molecule has 0 amide bonds. The number of methoxy groups -OCH3 is 1. The van der Waals surface area contributed by atoms with Crippen LogP contribution < -0.4 is 10.1 Å². The number of rotatable bonds is 4. The van der Waals surface area contributed by atoms with Crippen molar-refractivity contribution in [3.8, 4) is 5.75 Å². The average Bonchev–Trinajstić information content (AvgIpc) is 2.65. The summed E-state index contributed by atoms with van der Waals surface area (Å²) in [6, 6.07) is 12.6. The third-order valence-corrected chi connectivity index (χ3v) is 5.02. The van der Waals surface area contributed by atoms with Crippen molar-refractivity contribution in [1.82, 2.24) is 9.80 Å². The molecule has 26 heavy (non-hydrogen) atoms. The highest BCUT2D eigenvalue weighted by atomic mass is 35.5. The number of hydrogen-bond acceptors (Lipinski definition) is 3. The van der Waals surface area contributed by atoms with Crippen molar-refractivity contribution in [3.63, 3.8) is 0 Å². The van der Waals surface area contributed by atoms with Crippen LogP contribution in [0.15, 0.2) is 42.5 Å². The third-order valence-electron chi connectivity index (χ3n) is 4.37. The molecule has 0 spiro atoms. The van der Waals surface area contributed by atoms with E-state index in [0.717, 1.165) is 38.5 Å². The van der Waals surface area contributed by atoms with E-state index in [2.05, 4.69) is 27.2 Å². The predicted octanol–water partition coefficient (Wildman–Crippen LogP) is 4.00. The van der Waals surface area contributed by atoms with Crippen molar-refractivity contribution < 1.29 is 9.13 Å². The molecule has 1 saturated heterocycles. The lowest BCUT2D eigenvalue weighted by Gasteiger charge is -2.36. The molecule has 4 nitrogen and oxygen atoms in total. The van der Waals surface area contributed by atoms with Gasteiger partial charge in [0.2, 0.25) is 0 Å². The van der Waals surface area contributed by atoms with Crippen LogP contribution in [0.5, 0.6) is 5.75 Å². The zero-order chi connectivity index (χ0) is 18.5. The molecule has 0 bridgehead atoms. The molecule has 1 heterocycles. The van der Waals surface area contributed by atoms with E-state index in [1.807, 2.05) is 12.1 Å². The zero-order valence-electron chi connectivity index (χ0n) is 14.5. The van der Waals surface area contributed by atoms with E-state index in [0.29, 0.717) is 10.8 Å². The molecule has 0 aromatic heterocycles. The topological polar surface area (TPSA) is 27.7 Å². The van der Waals surface area contributed by atoms with Gasteiger partial charge in [-0.25, -0.2) is 4.39 Å². The smallest absolute Gasteiger partial charge is 0.173 e. The van der Waals surface area contributed by atoms with E-state index >= 15 is 0 Å². The maximum atomic E-state index is 13.2. The van der Waals surface area contributed by atoms with Crippen LogP contribution in [0.1, 0.15) is 5.56 Å². The van der Waals surface area contributed by atoms with Gasteiger partial charge in [0.1, 0.15) is 11.6 Å². The molecule has 3 rings (SSSR count). The summed E-state index contributed by atoms with van der Waals surface area (Å²) in [4.78, 5) is 4.51. The van der Waals surface area contributed by atoms with Gasteiger partial charge in [-0.2, -0.15) is 0 Å². The van der Waals surface area contributed by atoms with Gasteiger partial charge in [0.25, 0.3) is 0 Å². The first kappa shape index (κ1) is 18.9. The normalized spacial score (nSPS) is 15.0. The number of thiocarbonyl (C=S) groups is 1. The fourth-order valence-corrected chi connectivity index (χ4v) is 3.40. The van der Waals surface area contributed by atoms with Gasteiger partial charge in [-0.15, -0.1) is 0 Å². The first-order valence-electron chi connectivity index (χ1n) is 8.41. The van der Waals surface area contributed by atoms with Crippen LogP contribution in [0.3, 0.4) is 0 Å². The number of ether oxygens (including phenoxy) is 1. The summed E-state index contributed by atoms with van der Waals surface area (Å²) in [7, 11) is 1.68. The summed E-state index contributed by atoms with van der Waals surface area (Å²) < 4.78 is 18.5. The van der Waals surface area contributed by atoms with Crippen LogP contribution in [-0.4, -0.2) is 48.2 Å². The Morgan fingerprint density at radius 3 is 2.65 bits per heavy atom. The average molecular weight is 394 g/mol. The lowest BCUT2D eigenvalue weighted by Crippen LogP contribution is -2.49. The molecule has 2 aromatic rings. The SMILES string of the molecule is COc1cccc(CN2CCN(C(=S)Nc3ccc(F)c(Cl)c3)CC2)c1. The standard InChI is InChI=1S/C19H21ClFN3OS/c1-25-16-4-2-3-14(11-16)13-23-7-9-24(10-8-23)19(26)22-15-5-6-18(21)17(20)12-15/h2-6,11-12H,7-10,13H2,1H3,(H,22,26). The Balaban J connectivity index is 1.51. The van der Waals surface area contributed by atoms with Gasteiger partial charge < -0.3 is 15.0 Å². The second-order valence-electron chi connectivity index (χ2n) is 6.17. The van der Waals surface area contributed by atoms with E-state index in [1.165, 1.54) is 11.6 Å². The molecule has 7 heteroatoms. The van der Waals surface area contributed by atoms with Crippen molar-refractivity contribution in [1.29, 1.82) is 0 Å². The minimum Gasteiger partial charge on any atom is -0.497 e. The van der Waals surface area contributed by atoms with Crippen molar-refractivity contribution in [2.45, 2.75) is 6.54 Å². The zero-order valence-corrected chi connectivity index (χ0v) is 16.1. The van der Waals surface area contributed by atoms with Crippen molar-refractivity contribution in [2.75, 3.05) is 38.6 Å². The lowest BCUT2D eigenvalue weighted by atomic mass is 10.2. The number of hydrogen-bond donors (Lipinski definition) is 1. The molecule has 0 atom stereocenters. The second-order valence-corrected chi connectivity index (χ2v) is 6.97. The van der Waals surface area contributed by atoms with Gasteiger partial charge in [0.15, 0.2) is 5.11 Å². The maximum Gasteiger partial charge on any atom is 0.173 e. The molecule has 1 N–H and O–H groups in total. The highest BCUT2D eigenvalue weighted by Crippen LogP contribution is 2.20. The highest BCUT2D eigenvalue weighted by molar-refractivity contribution is 7.80. The predicted molar refractivity (Wildman–Crippen MR) is 107 cm³/mol. The van der Waals surface area contributed by atoms with E-state index in [4.69, 9.17) is 28.6 Å². The molecule has 1 aliphatic heterocycles. The summed E-state index contributed by atoms with van der Waals surface area (Å²) in [6.45, 7) is 4.40. The van der Waals surface area contributed by atoms with Gasteiger partial charge in [-0.1, -0.05) is 23.7 Å². The Morgan fingerprint density at radius 2 is 1.96 bits per heavy atom. The van der Waals surface area contributed by atoms with Crippen LogP contribution in [0.4, 0.5) is 10.1 Å². The molecule has 0 aliphatic carbocycles. The van der Waals surface area contributed by atoms with Crippen molar-refractivity contribution >= 4 is 34.6 Å². The fraction of sp³-hybridized carbons (Fsp3) is 0.316. The van der Waals surface area contributed by atoms with Gasteiger partial charge in [-0.05, 0) is 48.1 Å². The lowest BCUT2D eigenvalue weighted by molar-refractivity contribution is 0.177. The van der Waals surface area contributed by atoms with Gasteiger partial charge in [-0.3, -0.25) is 4.90 Å². The summed E-state index contributed by atoms with van der Waals surface area (Å²) in [5, 5.41) is 3.85.